The summed E-state index contributed by atoms with van der Waals surface area (Å²) in [4.78, 5) is 5.08. The summed E-state index contributed by atoms with van der Waals surface area (Å²) < 4.78 is 32.5. The van der Waals surface area contributed by atoms with E-state index in [0.29, 0.717) is 11.6 Å². The summed E-state index contributed by atoms with van der Waals surface area (Å²) in [5, 5.41) is 0. The number of anilines is 1. The molecule has 0 amide bonds. The van der Waals surface area contributed by atoms with Crippen LogP contribution in [-0.4, -0.2) is 19.7 Å². The number of aromatic nitrogens is 1. The van der Waals surface area contributed by atoms with Crippen LogP contribution in [0.5, 0.6) is 0 Å². The molecular weight excluding hydrogens is 456 g/mol. The molecule has 1 N–H and O–H groups in total. The van der Waals surface area contributed by atoms with Gasteiger partial charge in [-0.25, -0.2) is 13.4 Å². The van der Waals surface area contributed by atoms with Crippen molar-refractivity contribution in [1.29, 1.82) is 0 Å². The van der Waals surface area contributed by atoms with E-state index in [4.69, 9.17) is 9.40 Å². The van der Waals surface area contributed by atoms with E-state index in [1.807, 2.05) is 48.5 Å². The van der Waals surface area contributed by atoms with Crippen molar-refractivity contribution in [3.05, 3.63) is 96.4 Å². The van der Waals surface area contributed by atoms with Crippen molar-refractivity contribution in [3.63, 3.8) is 0 Å². The molecule has 1 saturated carbocycles. The van der Waals surface area contributed by atoms with Crippen molar-refractivity contribution < 1.29 is 12.8 Å². The summed E-state index contributed by atoms with van der Waals surface area (Å²) in [6.07, 6.45) is 6.50. The van der Waals surface area contributed by atoms with Crippen LogP contribution in [0.15, 0.2) is 89.3 Å². The first kappa shape index (κ1) is 23.4. The van der Waals surface area contributed by atoms with Gasteiger partial charge in [-0.3, -0.25) is 4.72 Å². The molecule has 3 aromatic carbocycles. The Balaban J connectivity index is 1.48. The first-order chi connectivity index (χ1) is 17.0. The van der Waals surface area contributed by atoms with Crippen LogP contribution in [0.3, 0.4) is 0 Å². The molecule has 180 valence electrons. The van der Waals surface area contributed by atoms with E-state index < -0.39 is 10.0 Å². The molecule has 1 fully saturated rings. The number of nitrogens with one attached hydrogen (secondary N) is 1. The molecule has 0 radical (unpaired) electrons. The molecule has 5 rings (SSSR count). The van der Waals surface area contributed by atoms with Gasteiger partial charge in [-0.05, 0) is 42.9 Å². The van der Waals surface area contributed by atoms with E-state index in [0.717, 1.165) is 59.7 Å². The van der Waals surface area contributed by atoms with Crippen molar-refractivity contribution in [3.8, 4) is 22.6 Å². The normalized spacial score (nSPS) is 18.3. The number of sulfonamides is 1. The zero-order chi connectivity index (χ0) is 24.3. The molecule has 4 aromatic rings. The maximum atomic E-state index is 11.7. The Morgan fingerprint density at radius 3 is 2.29 bits per heavy atom. The topological polar surface area (TPSA) is 72.2 Å². The highest BCUT2D eigenvalue weighted by Crippen LogP contribution is 2.43. The van der Waals surface area contributed by atoms with Gasteiger partial charge in [-0.2, -0.15) is 0 Å². The van der Waals surface area contributed by atoms with Crippen molar-refractivity contribution >= 4 is 15.7 Å². The van der Waals surface area contributed by atoms with E-state index in [2.05, 4.69) is 35.1 Å². The molecule has 2 unspecified atom stereocenters. The molecule has 0 aliphatic heterocycles. The second-order valence-electron chi connectivity index (χ2n) is 9.39. The van der Waals surface area contributed by atoms with Crippen LogP contribution in [0.1, 0.15) is 43.1 Å². The summed E-state index contributed by atoms with van der Waals surface area (Å²) >= 11 is 0. The van der Waals surface area contributed by atoms with Crippen LogP contribution < -0.4 is 4.72 Å². The average molecular weight is 487 g/mol. The van der Waals surface area contributed by atoms with Crippen molar-refractivity contribution in [1.82, 2.24) is 4.98 Å². The number of nitrogens with zero attached hydrogens (tertiary/aromatic N) is 1. The Bertz CT molecular complexity index is 1320. The maximum Gasteiger partial charge on any atom is 0.229 e. The largest absolute Gasteiger partial charge is 0.440 e. The van der Waals surface area contributed by atoms with Crippen LogP contribution in [0, 0.1) is 5.92 Å². The molecule has 6 heteroatoms. The third kappa shape index (κ3) is 5.65. The lowest BCUT2D eigenvalue weighted by Gasteiger charge is -2.29. The van der Waals surface area contributed by atoms with E-state index in [9.17, 15) is 8.42 Å². The summed E-state index contributed by atoms with van der Waals surface area (Å²) in [5.74, 6) is 2.21. The number of oxazole rings is 1. The smallest absolute Gasteiger partial charge is 0.229 e. The van der Waals surface area contributed by atoms with Crippen molar-refractivity contribution in [2.75, 3.05) is 11.0 Å². The molecule has 0 saturated heterocycles. The lowest BCUT2D eigenvalue weighted by atomic mass is 9.76. The summed E-state index contributed by atoms with van der Waals surface area (Å²) in [6, 6.07) is 28.1. The van der Waals surface area contributed by atoms with E-state index in [1.165, 1.54) is 12.7 Å². The minimum Gasteiger partial charge on any atom is -0.440 e. The number of hydrogen-bond donors (Lipinski definition) is 1. The first-order valence-corrected chi connectivity index (χ1v) is 14.0. The summed E-state index contributed by atoms with van der Waals surface area (Å²) in [7, 11) is -3.31. The van der Waals surface area contributed by atoms with Gasteiger partial charge in [-0.1, -0.05) is 85.6 Å². The molecular formula is C29H30N2O3S. The van der Waals surface area contributed by atoms with Crippen LogP contribution in [-0.2, 0) is 16.4 Å². The highest BCUT2D eigenvalue weighted by molar-refractivity contribution is 7.92. The molecule has 5 nitrogen and oxygen atoms in total. The Morgan fingerprint density at radius 1 is 0.886 bits per heavy atom. The number of rotatable bonds is 7. The fourth-order valence-electron chi connectivity index (χ4n) is 5.13. The van der Waals surface area contributed by atoms with E-state index >= 15 is 0 Å². The first-order valence-electron chi connectivity index (χ1n) is 12.1. The van der Waals surface area contributed by atoms with Gasteiger partial charge in [-0.15, -0.1) is 0 Å². The predicted molar refractivity (Wildman–Crippen MR) is 141 cm³/mol. The van der Waals surface area contributed by atoms with Gasteiger partial charge in [0.05, 0.1) is 6.26 Å². The molecule has 1 aromatic heterocycles. The minimum absolute atomic E-state index is 0.218. The van der Waals surface area contributed by atoms with Crippen LogP contribution in [0.4, 0.5) is 5.69 Å². The van der Waals surface area contributed by atoms with Gasteiger partial charge < -0.3 is 4.42 Å². The Labute approximate surface area is 207 Å². The lowest BCUT2D eigenvalue weighted by Crippen LogP contribution is -2.20. The highest BCUT2D eigenvalue weighted by Gasteiger charge is 2.32. The third-order valence-electron chi connectivity index (χ3n) is 6.68. The van der Waals surface area contributed by atoms with Crippen molar-refractivity contribution in [2.45, 2.75) is 38.0 Å². The zero-order valence-electron chi connectivity index (χ0n) is 19.9. The molecule has 35 heavy (non-hydrogen) atoms. The highest BCUT2D eigenvalue weighted by atomic mass is 32.2. The summed E-state index contributed by atoms with van der Waals surface area (Å²) in [6.45, 7) is 0. The zero-order valence-corrected chi connectivity index (χ0v) is 20.7. The monoisotopic (exact) mass is 486 g/mol. The molecule has 2 atom stereocenters. The predicted octanol–water partition coefficient (Wildman–Crippen LogP) is 6.90. The molecule has 1 aliphatic rings. The molecule has 0 spiro atoms. The average Bonchev–Trinajstić information content (AvgIpc) is 3.30. The second kappa shape index (κ2) is 10.1. The van der Waals surface area contributed by atoms with Crippen molar-refractivity contribution in [2.24, 2.45) is 5.92 Å². The van der Waals surface area contributed by atoms with Crippen LogP contribution >= 0.6 is 0 Å². The van der Waals surface area contributed by atoms with Gasteiger partial charge in [0.25, 0.3) is 0 Å². The minimum atomic E-state index is -3.31. The van der Waals surface area contributed by atoms with Gasteiger partial charge >= 0.3 is 0 Å². The fraction of sp³-hybridized carbons (Fsp3) is 0.276. The Hall–Kier alpha value is -3.38. The fourth-order valence-corrected chi connectivity index (χ4v) is 5.68. The maximum absolute atomic E-state index is 11.7. The second-order valence-corrected chi connectivity index (χ2v) is 11.1. The van der Waals surface area contributed by atoms with E-state index in [1.54, 1.807) is 6.07 Å². The molecule has 1 heterocycles. The number of benzene rings is 3. The van der Waals surface area contributed by atoms with Crippen LogP contribution in [0.25, 0.3) is 22.6 Å². The van der Waals surface area contributed by atoms with E-state index in [-0.39, 0.29) is 5.92 Å². The third-order valence-corrected chi connectivity index (χ3v) is 7.29. The van der Waals surface area contributed by atoms with Gasteiger partial charge in [0.1, 0.15) is 5.69 Å². The Kier molecular flexibility index (Phi) is 6.73. The van der Waals surface area contributed by atoms with Crippen LogP contribution in [0.2, 0.25) is 0 Å². The van der Waals surface area contributed by atoms with Gasteiger partial charge in [0.15, 0.2) is 11.7 Å². The molecule has 1 aliphatic carbocycles. The quantitative estimate of drug-likeness (QED) is 0.308. The van der Waals surface area contributed by atoms with Gasteiger partial charge in [0.2, 0.25) is 10.0 Å². The standard InChI is InChI=1S/C29H30N2O3S/c1-35(32,33)31-25-17-10-11-21(20-25)19-24-16-8-9-18-26(24)29-30-27(22-12-4-2-5-13-22)28(34-29)23-14-6-3-7-15-23/h2-7,10-15,17,20,24,26,31H,8-9,16,18-19H2,1H3. The summed E-state index contributed by atoms with van der Waals surface area (Å²) in [5.41, 5.74) is 4.68. The van der Waals surface area contributed by atoms with Gasteiger partial charge in [0, 0.05) is 22.7 Å². The Morgan fingerprint density at radius 2 is 1.57 bits per heavy atom. The number of hydrogen-bond acceptors (Lipinski definition) is 4. The lowest BCUT2D eigenvalue weighted by molar-refractivity contribution is 0.265. The molecule has 0 bridgehead atoms. The SMILES string of the molecule is CS(=O)(=O)Nc1cccc(CC2CCCCC2c2nc(-c3ccccc3)c(-c3ccccc3)o2)c1.